The topological polar surface area (TPSA) is 75.7 Å². The molecule has 86 valence electrons. The van der Waals surface area contributed by atoms with Gasteiger partial charge in [-0.25, -0.2) is 4.98 Å². The Morgan fingerprint density at radius 3 is 2.65 bits per heavy atom. The zero-order valence-corrected chi connectivity index (χ0v) is 10.3. The lowest BCUT2D eigenvalue weighted by Gasteiger charge is -2.06. The molecule has 0 fully saturated rings. The number of pyridine rings is 2. The number of nitrogens with two attached hydrogens (primary N) is 1. The van der Waals surface area contributed by atoms with Gasteiger partial charge >= 0.3 is 0 Å². The summed E-state index contributed by atoms with van der Waals surface area (Å²) in [6.07, 6.45) is 3.26. The number of rotatable bonds is 3. The Morgan fingerprint density at radius 2 is 1.94 bits per heavy atom. The summed E-state index contributed by atoms with van der Waals surface area (Å²) in [6, 6.07) is 7.15. The van der Waals surface area contributed by atoms with Crippen LogP contribution in [0.15, 0.2) is 46.6 Å². The van der Waals surface area contributed by atoms with E-state index in [4.69, 9.17) is 22.7 Å². The van der Waals surface area contributed by atoms with E-state index in [9.17, 15) is 0 Å². The first-order valence-electron chi connectivity index (χ1n) is 4.76. The molecule has 0 aromatic carbocycles. The van der Waals surface area contributed by atoms with Crippen LogP contribution in [0.3, 0.4) is 0 Å². The highest BCUT2D eigenvalue weighted by Crippen LogP contribution is 2.32. The molecule has 0 spiro atoms. The van der Waals surface area contributed by atoms with Crippen LogP contribution in [0.25, 0.3) is 0 Å². The van der Waals surface area contributed by atoms with Gasteiger partial charge in [0.2, 0.25) is 0 Å². The minimum absolute atomic E-state index is 0.0693. The number of nitrogens with one attached hydrogen (secondary N) is 1. The van der Waals surface area contributed by atoms with Gasteiger partial charge in [0.1, 0.15) is 16.6 Å². The van der Waals surface area contributed by atoms with Crippen molar-refractivity contribution < 1.29 is 0 Å². The Morgan fingerprint density at radius 1 is 1.24 bits per heavy atom. The number of nitrogens with zero attached hydrogens (tertiary/aromatic N) is 2. The Bertz CT molecular complexity index is 559. The summed E-state index contributed by atoms with van der Waals surface area (Å²) in [5, 5.41) is 8.68. The number of halogens is 1. The van der Waals surface area contributed by atoms with Crippen molar-refractivity contribution in [1.29, 1.82) is 5.41 Å². The van der Waals surface area contributed by atoms with Crippen LogP contribution >= 0.6 is 23.4 Å². The van der Waals surface area contributed by atoms with E-state index < -0.39 is 0 Å². The van der Waals surface area contributed by atoms with Crippen LogP contribution in [0.1, 0.15) is 5.69 Å². The van der Waals surface area contributed by atoms with Crippen molar-refractivity contribution in [3.8, 4) is 0 Å². The molecule has 2 aromatic rings. The number of nitrogen functional groups attached to an aromatic ring is 1. The summed E-state index contributed by atoms with van der Waals surface area (Å²) in [4.78, 5) is 8.99. The van der Waals surface area contributed by atoms with Crippen molar-refractivity contribution in [2.45, 2.75) is 9.92 Å². The Labute approximate surface area is 108 Å². The van der Waals surface area contributed by atoms with E-state index in [0.29, 0.717) is 15.7 Å². The molecule has 0 amide bonds. The first kappa shape index (κ1) is 11.9. The average molecular weight is 265 g/mol. The predicted octanol–water partition coefficient (Wildman–Crippen LogP) is 2.57. The SMILES string of the molecule is N=C(N)c1ncccc1Sc1ncccc1Cl. The van der Waals surface area contributed by atoms with Crippen LogP contribution < -0.4 is 5.73 Å². The lowest BCUT2D eigenvalue weighted by Crippen LogP contribution is -2.14. The maximum Gasteiger partial charge on any atom is 0.142 e. The molecular formula is C11H9ClN4S. The van der Waals surface area contributed by atoms with E-state index in [1.54, 1.807) is 30.6 Å². The number of hydrogen-bond donors (Lipinski definition) is 2. The largest absolute Gasteiger partial charge is 0.382 e. The van der Waals surface area contributed by atoms with Gasteiger partial charge in [-0.2, -0.15) is 0 Å². The molecule has 6 heteroatoms. The lowest BCUT2D eigenvalue weighted by molar-refractivity contribution is 1.12. The van der Waals surface area contributed by atoms with E-state index in [2.05, 4.69) is 9.97 Å². The quantitative estimate of drug-likeness (QED) is 0.660. The van der Waals surface area contributed by atoms with Gasteiger partial charge in [-0.15, -0.1) is 0 Å². The van der Waals surface area contributed by atoms with Crippen molar-refractivity contribution in [2.24, 2.45) is 5.73 Å². The fourth-order valence-corrected chi connectivity index (χ4v) is 2.36. The van der Waals surface area contributed by atoms with Gasteiger partial charge < -0.3 is 5.73 Å². The molecule has 3 N–H and O–H groups in total. The second kappa shape index (κ2) is 5.16. The molecule has 17 heavy (non-hydrogen) atoms. The van der Waals surface area contributed by atoms with E-state index in [1.165, 1.54) is 11.8 Å². The standard InChI is InChI=1S/C11H9ClN4S/c12-7-3-1-6-16-11(7)17-8-4-2-5-15-9(8)10(13)14/h1-6H,(H3,13,14). The van der Waals surface area contributed by atoms with Crippen LogP contribution in [0.2, 0.25) is 5.02 Å². The minimum atomic E-state index is -0.0693. The van der Waals surface area contributed by atoms with E-state index in [-0.39, 0.29) is 5.84 Å². The monoisotopic (exact) mass is 264 g/mol. The Balaban J connectivity index is 2.37. The third kappa shape index (κ3) is 2.75. The van der Waals surface area contributed by atoms with Crippen molar-refractivity contribution in [1.82, 2.24) is 9.97 Å². The van der Waals surface area contributed by atoms with Crippen molar-refractivity contribution >= 4 is 29.2 Å². The van der Waals surface area contributed by atoms with Gasteiger partial charge in [0, 0.05) is 17.3 Å². The maximum atomic E-state index is 7.44. The fraction of sp³-hybridized carbons (Fsp3) is 0. The average Bonchev–Trinajstić information content (AvgIpc) is 2.32. The number of amidine groups is 1. The zero-order chi connectivity index (χ0) is 12.3. The molecule has 4 nitrogen and oxygen atoms in total. The molecule has 0 unspecified atom stereocenters. The highest BCUT2D eigenvalue weighted by atomic mass is 35.5. The number of hydrogen-bond acceptors (Lipinski definition) is 4. The molecule has 0 atom stereocenters. The van der Waals surface area contributed by atoms with Crippen LogP contribution in [-0.4, -0.2) is 15.8 Å². The van der Waals surface area contributed by atoms with E-state index in [1.807, 2.05) is 6.07 Å². The molecular weight excluding hydrogens is 256 g/mol. The number of aromatic nitrogens is 2. The van der Waals surface area contributed by atoms with Crippen molar-refractivity contribution in [3.05, 3.63) is 47.4 Å². The normalized spacial score (nSPS) is 10.2. The summed E-state index contributed by atoms with van der Waals surface area (Å²) in [5.41, 5.74) is 5.90. The van der Waals surface area contributed by atoms with Gasteiger partial charge in [0.05, 0.1) is 5.02 Å². The molecule has 0 aliphatic heterocycles. The highest BCUT2D eigenvalue weighted by Gasteiger charge is 2.10. The molecule has 2 rings (SSSR count). The summed E-state index contributed by atoms with van der Waals surface area (Å²) in [5.74, 6) is -0.0693. The lowest BCUT2D eigenvalue weighted by atomic mass is 10.3. The molecule has 2 heterocycles. The first-order valence-corrected chi connectivity index (χ1v) is 5.95. The first-order chi connectivity index (χ1) is 8.18. The Kier molecular flexibility index (Phi) is 3.61. The molecule has 0 bridgehead atoms. The Hall–Kier alpha value is -1.59. The predicted molar refractivity (Wildman–Crippen MR) is 68.6 cm³/mol. The zero-order valence-electron chi connectivity index (χ0n) is 8.72. The molecule has 0 radical (unpaired) electrons. The summed E-state index contributed by atoms with van der Waals surface area (Å²) < 4.78 is 0. The molecule has 0 aliphatic carbocycles. The summed E-state index contributed by atoms with van der Waals surface area (Å²) in [6.45, 7) is 0. The molecule has 0 saturated carbocycles. The van der Waals surface area contributed by atoms with Gasteiger partial charge in [-0.1, -0.05) is 23.4 Å². The van der Waals surface area contributed by atoms with Gasteiger partial charge in [-0.3, -0.25) is 10.4 Å². The van der Waals surface area contributed by atoms with Crippen LogP contribution in [-0.2, 0) is 0 Å². The van der Waals surface area contributed by atoms with Gasteiger partial charge in [-0.05, 0) is 24.3 Å². The molecule has 0 saturated heterocycles. The van der Waals surface area contributed by atoms with Crippen LogP contribution in [0, 0.1) is 5.41 Å². The van der Waals surface area contributed by atoms with E-state index >= 15 is 0 Å². The summed E-state index contributed by atoms with van der Waals surface area (Å²) in [7, 11) is 0. The second-order valence-corrected chi connectivity index (χ2v) is 4.59. The van der Waals surface area contributed by atoms with Crippen molar-refractivity contribution in [2.75, 3.05) is 0 Å². The second-order valence-electron chi connectivity index (χ2n) is 3.16. The summed E-state index contributed by atoms with van der Waals surface area (Å²) >= 11 is 7.36. The van der Waals surface area contributed by atoms with Crippen LogP contribution in [0.4, 0.5) is 0 Å². The van der Waals surface area contributed by atoms with Crippen LogP contribution in [0.5, 0.6) is 0 Å². The van der Waals surface area contributed by atoms with E-state index in [0.717, 1.165) is 4.90 Å². The third-order valence-corrected chi connectivity index (χ3v) is 3.44. The molecule has 0 aliphatic rings. The molecule has 2 aromatic heterocycles. The third-order valence-electron chi connectivity index (χ3n) is 1.96. The van der Waals surface area contributed by atoms with Crippen molar-refractivity contribution in [3.63, 3.8) is 0 Å². The minimum Gasteiger partial charge on any atom is -0.382 e. The van der Waals surface area contributed by atoms with Gasteiger partial charge in [0.15, 0.2) is 0 Å². The van der Waals surface area contributed by atoms with Gasteiger partial charge in [0.25, 0.3) is 0 Å². The fourth-order valence-electron chi connectivity index (χ4n) is 1.23. The smallest absolute Gasteiger partial charge is 0.142 e. The maximum absolute atomic E-state index is 7.44. The highest BCUT2D eigenvalue weighted by molar-refractivity contribution is 7.99.